The summed E-state index contributed by atoms with van der Waals surface area (Å²) in [4.78, 5) is 80.7. The van der Waals surface area contributed by atoms with Crippen molar-refractivity contribution in [3.8, 4) is 0 Å². The van der Waals surface area contributed by atoms with Crippen LogP contribution in [0.3, 0.4) is 0 Å². The standard InChI is InChI=1S/2C34H38N4O4/c2*1-7-21-17(3)25-13-26-19(5)23(9-11-33(39)40)31(37-26)16-32-24(10-12-34(41)42)20(6)28(38-32)15-30-22(8-2)18(4)27(36-30)14-29(21)35-25/h2*13-16,35-36H,7-12H2,1-6H3,(H,39,40)(H,41,42). The average Bonchev–Trinajstić information content (AvgIpc) is 2.25. The highest BCUT2D eigenvalue weighted by Crippen LogP contribution is 2.41. The molecule has 84 heavy (non-hydrogen) atoms. The second-order valence-electron chi connectivity index (χ2n) is 22.3. The number of aromatic amines is 4. The first-order valence-electron chi connectivity index (χ1n) is 29.2. The van der Waals surface area contributed by atoms with E-state index in [4.69, 9.17) is 19.9 Å². The Morgan fingerprint density at radius 3 is 0.726 bits per heavy atom. The van der Waals surface area contributed by atoms with E-state index in [1.54, 1.807) is 0 Å². The molecule has 6 aromatic heterocycles. The molecule has 0 aliphatic carbocycles. The second-order valence-corrected chi connectivity index (χ2v) is 22.3. The largest absolute Gasteiger partial charge is 0.481 e. The Morgan fingerprint density at radius 1 is 0.310 bits per heavy atom. The summed E-state index contributed by atoms with van der Waals surface area (Å²) in [7, 11) is 0. The van der Waals surface area contributed by atoms with Gasteiger partial charge >= 0.3 is 23.9 Å². The minimum absolute atomic E-state index is 0.0138. The van der Waals surface area contributed by atoms with E-state index in [2.05, 4.69) is 99.6 Å². The lowest BCUT2D eigenvalue weighted by Gasteiger charge is -2.05. The van der Waals surface area contributed by atoms with Gasteiger partial charge in [0, 0.05) is 69.8 Å². The van der Waals surface area contributed by atoms with Crippen molar-refractivity contribution in [2.45, 2.75) is 160 Å². The molecular formula is C68H76N8O8. The number of carbonyl (C=O) groups is 4. The number of fused-ring (bicyclic) bond motifs is 16. The first kappa shape index (κ1) is 59.7. The molecule has 10 heterocycles. The molecule has 4 aliphatic heterocycles. The van der Waals surface area contributed by atoms with Gasteiger partial charge in [0.05, 0.1) is 45.6 Å². The predicted molar refractivity (Wildman–Crippen MR) is 336 cm³/mol. The number of hydrogen-bond acceptors (Lipinski definition) is 8. The van der Waals surface area contributed by atoms with Crippen molar-refractivity contribution >= 4 is 113 Å². The van der Waals surface area contributed by atoms with Crippen LogP contribution in [0.2, 0.25) is 0 Å². The number of nitrogens with zero attached hydrogens (tertiary/aromatic N) is 4. The van der Waals surface area contributed by atoms with Crippen LogP contribution >= 0.6 is 0 Å². The van der Waals surface area contributed by atoms with Crippen LogP contribution < -0.4 is 0 Å². The smallest absolute Gasteiger partial charge is 0.303 e. The lowest BCUT2D eigenvalue weighted by Crippen LogP contribution is -1.97. The average molecular weight is 1130 g/mol. The summed E-state index contributed by atoms with van der Waals surface area (Å²) in [6, 6.07) is 16.4. The maximum atomic E-state index is 11.5. The highest BCUT2D eigenvalue weighted by molar-refractivity contribution is 5.99. The summed E-state index contributed by atoms with van der Waals surface area (Å²) in [6.45, 7) is 25.1. The lowest BCUT2D eigenvalue weighted by atomic mass is 9.98. The fraction of sp³-hybridized carbons (Fsp3) is 0.353. The molecule has 6 aromatic rings. The molecule has 0 spiro atoms. The van der Waals surface area contributed by atoms with Gasteiger partial charge in [0.2, 0.25) is 0 Å². The third-order valence-corrected chi connectivity index (χ3v) is 17.4. The molecule has 8 N–H and O–H groups in total. The van der Waals surface area contributed by atoms with Crippen LogP contribution in [-0.2, 0) is 44.9 Å². The van der Waals surface area contributed by atoms with Crippen LogP contribution in [-0.4, -0.2) is 84.2 Å². The van der Waals surface area contributed by atoms with Crippen LogP contribution in [0.25, 0.3) is 88.7 Å². The number of H-pyrrole nitrogens is 4. The number of aromatic nitrogens is 8. The van der Waals surface area contributed by atoms with Gasteiger partial charge in [0.15, 0.2) is 0 Å². The minimum Gasteiger partial charge on any atom is -0.481 e. The molecule has 16 bridgehead atoms. The van der Waals surface area contributed by atoms with Crippen molar-refractivity contribution in [2.24, 2.45) is 0 Å². The SMILES string of the molecule is CCc1c(C)c2cc3[nH]c(cc4nc(cc5nc(cc1[nH]2)C(C)=C5CCC(=O)O)C(CCC(=O)O)=C4C)c(C)c3CC.CCc1c(C)c2cc3[nH]c(cc4nc(cc5nc(cc1[nH]2)C(C)=C5CCC(=O)O)C(CCC(=O)O)=C4C)c(C)c3CC. The Labute approximate surface area is 488 Å². The van der Waals surface area contributed by atoms with Gasteiger partial charge in [0.25, 0.3) is 0 Å². The molecule has 0 radical (unpaired) electrons. The number of carboxylic acid groups (broad SMARTS) is 4. The number of nitrogens with one attached hydrogen (secondary N) is 4. The molecule has 436 valence electrons. The Bertz CT molecular complexity index is 3980. The number of aliphatic carboxylic acids is 4. The highest BCUT2D eigenvalue weighted by Gasteiger charge is 2.26. The number of hydrogen-bond donors (Lipinski definition) is 8. The van der Waals surface area contributed by atoms with Gasteiger partial charge in [-0.2, -0.15) is 0 Å². The van der Waals surface area contributed by atoms with E-state index in [1.807, 2.05) is 52.0 Å². The Hall–Kier alpha value is -8.92. The van der Waals surface area contributed by atoms with Crippen LogP contribution in [0.5, 0.6) is 0 Å². The Morgan fingerprint density at radius 2 is 0.512 bits per heavy atom. The van der Waals surface area contributed by atoms with Gasteiger partial charge in [-0.1, -0.05) is 27.7 Å². The number of rotatable bonds is 16. The van der Waals surface area contributed by atoms with E-state index in [-0.39, 0.29) is 25.7 Å². The summed E-state index contributed by atoms with van der Waals surface area (Å²) in [5.41, 5.74) is 30.8. The zero-order chi connectivity index (χ0) is 60.6. The fourth-order valence-electron chi connectivity index (χ4n) is 12.4. The van der Waals surface area contributed by atoms with Crippen molar-refractivity contribution in [2.75, 3.05) is 0 Å². The van der Waals surface area contributed by atoms with E-state index in [0.29, 0.717) is 48.5 Å². The summed E-state index contributed by atoms with van der Waals surface area (Å²) in [5.74, 6) is -3.47. The molecule has 10 rings (SSSR count). The van der Waals surface area contributed by atoms with Crippen LogP contribution in [0.15, 0.2) is 48.5 Å². The predicted octanol–water partition coefficient (Wildman–Crippen LogP) is 15.3. The maximum Gasteiger partial charge on any atom is 0.303 e. The first-order chi connectivity index (χ1) is 40.0. The maximum absolute atomic E-state index is 11.5. The topological polar surface area (TPSA) is 264 Å². The highest BCUT2D eigenvalue weighted by atomic mass is 16.4. The van der Waals surface area contributed by atoms with E-state index < -0.39 is 23.9 Å². The molecule has 4 aliphatic rings. The van der Waals surface area contributed by atoms with Gasteiger partial charge < -0.3 is 40.4 Å². The molecule has 0 amide bonds. The van der Waals surface area contributed by atoms with Crippen molar-refractivity contribution in [1.29, 1.82) is 0 Å². The number of allylic oxidation sites excluding steroid dienone is 8. The zero-order valence-electron chi connectivity index (χ0n) is 50.3. The molecule has 16 nitrogen and oxygen atoms in total. The molecule has 16 heteroatoms. The summed E-state index contributed by atoms with van der Waals surface area (Å²) < 4.78 is 0. The van der Waals surface area contributed by atoms with Crippen LogP contribution in [0.1, 0.15) is 197 Å². The quantitative estimate of drug-likeness (QED) is 0.0450. The molecule has 0 aromatic carbocycles. The summed E-state index contributed by atoms with van der Waals surface area (Å²) in [6.07, 6.45) is 4.73. The van der Waals surface area contributed by atoms with E-state index >= 15 is 0 Å². The van der Waals surface area contributed by atoms with Crippen LogP contribution in [0, 0.1) is 27.7 Å². The van der Waals surface area contributed by atoms with Crippen molar-refractivity contribution in [3.05, 3.63) is 139 Å². The van der Waals surface area contributed by atoms with Gasteiger partial charge in [-0.05, 0) is 244 Å². The number of aryl methyl sites for hydroxylation is 8. The Kier molecular flexibility index (Phi) is 17.4. The third kappa shape index (κ3) is 11.8. The van der Waals surface area contributed by atoms with E-state index in [0.717, 1.165) is 148 Å². The first-order valence-corrected chi connectivity index (χ1v) is 29.2. The number of carboxylic acids is 4. The third-order valence-electron chi connectivity index (χ3n) is 17.4. The lowest BCUT2D eigenvalue weighted by molar-refractivity contribution is -0.137. The second kappa shape index (κ2) is 24.5. The molecule has 0 saturated heterocycles. The molecule has 0 fully saturated rings. The van der Waals surface area contributed by atoms with Crippen molar-refractivity contribution in [3.63, 3.8) is 0 Å². The summed E-state index contributed by atoms with van der Waals surface area (Å²) in [5, 5.41) is 37.9. The fourth-order valence-corrected chi connectivity index (χ4v) is 12.4. The zero-order valence-corrected chi connectivity index (χ0v) is 50.3. The molecule has 0 saturated carbocycles. The van der Waals surface area contributed by atoms with Gasteiger partial charge in [-0.3, -0.25) is 19.2 Å². The normalized spacial score (nSPS) is 13.3. The van der Waals surface area contributed by atoms with E-state index in [1.165, 1.54) is 33.4 Å². The monoisotopic (exact) mass is 1130 g/mol. The summed E-state index contributed by atoms with van der Waals surface area (Å²) >= 11 is 0. The Balaban J connectivity index is 0.000000202. The minimum atomic E-state index is -0.869. The molecule has 0 atom stereocenters. The van der Waals surface area contributed by atoms with E-state index in [9.17, 15) is 39.6 Å². The van der Waals surface area contributed by atoms with Gasteiger partial charge in [-0.25, -0.2) is 19.9 Å². The van der Waals surface area contributed by atoms with Gasteiger partial charge in [-0.15, -0.1) is 0 Å². The van der Waals surface area contributed by atoms with Crippen molar-refractivity contribution in [1.82, 2.24) is 39.9 Å². The van der Waals surface area contributed by atoms with Gasteiger partial charge in [0.1, 0.15) is 0 Å². The van der Waals surface area contributed by atoms with Crippen molar-refractivity contribution < 1.29 is 39.6 Å². The molecule has 0 unspecified atom stereocenters. The molecular weight excluding hydrogens is 1060 g/mol. The van der Waals surface area contributed by atoms with Crippen LogP contribution in [0.4, 0.5) is 0 Å².